The van der Waals surface area contributed by atoms with Gasteiger partial charge in [-0.1, -0.05) is 20.3 Å². The van der Waals surface area contributed by atoms with Crippen LogP contribution in [0.4, 0.5) is 0 Å². The number of aliphatic hydroxyl groups is 1. The Morgan fingerprint density at radius 2 is 1.91 bits per heavy atom. The molecule has 1 aliphatic carbocycles. The maximum absolute atomic E-state index is 8.67. The molecule has 2 atom stereocenters. The minimum atomic E-state index is 0.392. The summed E-state index contributed by atoms with van der Waals surface area (Å²) in [4.78, 5) is 0. The number of hydrogen-bond acceptors (Lipinski definition) is 1. The summed E-state index contributed by atoms with van der Waals surface area (Å²) in [5, 5.41) is 8.67. The monoisotopic (exact) mass is 156 g/mol. The van der Waals surface area contributed by atoms with Crippen LogP contribution in [0.3, 0.4) is 0 Å². The highest BCUT2D eigenvalue weighted by Crippen LogP contribution is 2.44. The molecule has 0 spiro atoms. The minimum absolute atomic E-state index is 0.392. The molecule has 11 heavy (non-hydrogen) atoms. The van der Waals surface area contributed by atoms with Crippen LogP contribution in [0.5, 0.6) is 0 Å². The zero-order valence-electron chi connectivity index (χ0n) is 7.71. The molecule has 0 aromatic carbocycles. The van der Waals surface area contributed by atoms with Crippen molar-refractivity contribution in [2.75, 3.05) is 6.61 Å². The van der Waals surface area contributed by atoms with Crippen molar-refractivity contribution in [1.82, 2.24) is 0 Å². The molecule has 0 bridgehead atoms. The van der Waals surface area contributed by atoms with Crippen LogP contribution in [0.1, 0.15) is 39.5 Å². The van der Waals surface area contributed by atoms with Gasteiger partial charge in [-0.25, -0.2) is 0 Å². The van der Waals surface area contributed by atoms with E-state index in [0.717, 1.165) is 24.2 Å². The molecule has 1 rings (SSSR count). The fraction of sp³-hybridized carbons (Fsp3) is 1.00. The molecule has 1 N–H and O–H groups in total. The largest absolute Gasteiger partial charge is 0.396 e. The summed E-state index contributed by atoms with van der Waals surface area (Å²) in [5.74, 6) is 2.69. The van der Waals surface area contributed by atoms with Crippen LogP contribution in [0.15, 0.2) is 0 Å². The summed E-state index contributed by atoms with van der Waals surface area (Å²) in [6.45, 7) is 4.95. The Morgan fingerprint density at radius 3 is 2.45 bits per heavy atom. The zero-order chi connectivity index (χ0) is 8.27. The molecular formula is C10H20O. The summed E-state index contributed by atoms with van der Waals surface area (Å²) in [6.07, 6.45) is 5.19. The van der Waals surface area contributed by atoms with Crippen molar-refractivity contribution < 1.29 is 5.11 Å². The van der Waals surface area contributed by atoms with Crippen molar-refractivity contribution in [1.29, 1.82) is 0 Å². The van der Waals surface area contributed by atoms with Gasteiger partial charge in [0.2, 0.25) is 0 Å². The molecular weight excluding hydrogens is 136 g/mol. The van der Waals surface area contributed by atoms with E-state index >= 15 is 0 Å². The molecule has 1 fully saturated rings. The Labute approximate surface area is 69.8 Å². The Hall–Kier alpha value is -0.0400. The molecule has 1 aliphatic rings. The summed E-state index contributed by atoms with van der Waals surface area (Å²) < 4.78 is 0. The smallest absolute Gasteiger partial charge is 0.0433 e. The van der Waals surface area contributed by atoms with Crippen molar-refractivity contribution in [3.05, 3.63) is 0 Å². The van der Waals surface area contributed by atoms with Crippen molar-refractivity contribution >= 4 is 0 Å². The topological polar surface area (TPSA) is 20.2 Å². The highest BCUT2D eigenvalue weighted by molar-refractivity contribution is 4.85. The van der Waals surface area contributed by atoms with Gasteiger partial charge in [-0.3, -0.25) is 0 Å². The summed E-state index contributed by atoms with van der Waals surface area (Å²) in [7, 11) is 0. The standard InChI is InChI=1S/C10H20O/c1-8(2)3-4-9-7-10(9)5-6-11/h8-11H,3-7H2,1-2H3. The first-order chi connectivity index (χ1) is 5.24. The van der Waals surface area contributed by atoms with E-state index in [1.54, 1.807) is 0 Å². The number of hydrogen-bond donors (Lipinski definition) is 1. The lowest BCUT2D eigenvalue weighted by Crippen LogP contribution is -1.91. The third-order valence-corrected chi connectivity index (χ3v) is 2.68. The van der Waals surface area contributed by atoms with Gasteiger partial charge in [0.25, 0.3) is 0 Å². The molecule has 0 aromatic heterocycles. The average molecular weight is 156 g/mol. The van der Waals surface area contributed by atoms with E-state index < -0.39 is 0 Å². The molecule has 0 amide bonds. The van der Waals surface area contributed by atoms with E-state index in [9.17, 15) is 0 Å². The first kappa shape index (κ1) is 9.05. The van der Waals surface area contributed by atoms with Gasteiger partial charge in [0, 0.05) is 6.61 Å². The fourth-order valence-electron chi connectivity index (χ4n) is 1.73. The maximum atomic E-state index is 8.67. The molecule has 0 heterocycles. The third kappa shape index (κ3) is 3.24. The lowest BCUT2D eigenvalue weighted by molar-refractivity contribution is 0.275. The molecule has 1 nitrogen and oxygen atoms in total. The second kappa shape index (κ2) is 4.10. The highest BCUT2D eigenvalue weighted by Gasteiger charge is 2.35. The molecule has 0 aromatic rings. The Balaban J connectivity index is 1.95. The summed E-state index contributed by atoms with van der Waals surface area (Å²) in [6, 6.07) is 0. The quantitative estimate of drug-likeness (QED) is 0.648. The first-order valence-corrected chi connectivity index (χ1v) is 4.85. The fourth-order valence-corrected chi connectivity index (χ4v) is 1.73. The van der Waals surface area contributed by atoms with Crippen LogP contribution in [-0.4, -0.2) is 11.7 Å². The van der Waals surface area contributed by atoms with Crippen molar-refractivity contribution in [3.8, 4) is 0 Å². The first-order valence-electron chi connectivity index (χ1n) is 4.85. The van der Waals surface area contributed by atoms with Gasteiger partial charge in [0.05, 0.1) is 0 Å². The van der Waals surface area contributed by atoms with E-state index in [1.165, 1.54) is 19.3 Å². The van der Waals surface area contributed by atoms with Crippen molar-refractivity contribution in [3.63, 3.8) is 0 Å². The van der Waals surface area contributed by atoms with E-state index in [1.807, 2.05) is 0 Å². The Kier molecular flexibility index (Phi) is 3.38. The molecule has 66 valence electrons. The van der Waals surface area contributed by atoms with Crippen molar-refractivity contribution in [2.45, 2.75) is 39.5 Å². The molecule has 0 saturated heterocycles. The van der Waals surface area contributed by atoms with Gasteiger partial charge in [-0.05, 0) is 37.0 Å². The summed E-state index contributed by atoms with van der Waals surface area (Å²) >= 11 is 0. The van der Waals surface area contributed by atoms with E-state index in [2.05, 4.69) is 13.8 Å². The third-order valence-electron chi connectivity index (χ3n) is 2.68. The zero-order valence-corrected chi connectivity index (χ0v) is 7.71. The second-order valence-corrected chi connectivity index (χ2v) is 4.24. The lowest BCUT2D eigenvalue weighted by Gasteiger charge is -2.02. The molecule has 0 aliphatic heterocycles. The maximum Gasteiger partial charge on any atom is 0.0433 e. The van der Waals surface area contributed by atoms with Crippen LogP contribution in [0, 0.1) is 17.8 Å². The van der Waals surface area contributed by atoms with Gasteiger partial charge in [-0.15, -0.1) is 0 Å². The predicted molar refractivity (Wildman–Crippen MR) is 47.4 cm³/mol. The van der Waals surface area contributed by atoms with Gasteiger partial charge in [0.1, 0.15) is 0 Å². The van der Waals surface area contributed by atoms with Crippen LogP contribution < -0.4 is 0 Å². The van der Waals surface area contributed by atoms with Crippen molar-refractivity contribution in [2.24, 2.45) is 17.8 Å². The number of rotatable bonds is 5. The van der Waals surface area contributed by atoms with Crippen LogP contribution >= 0.6 is 0 Å². The van der Waals surface area contributed by atoms with E-state index in [-0.39, 0.29) is 0 Å². The minimum Gasteiger partial charge on any atom is -0.396 e. The van der Waals surface area contributed by atoms with Gasteiger partial charge in [-0.2, -0.15) is 0 Å². The van der Waals surface area contributed by atoms with Crippen LogP contribution in [0.2, 0.25) is 0 Å². The molecule has 2 unspecified atom stereocenters. The van der Waals surface area contributed by atoms with Gasteiger partial charge in [0.15, 0.2) is 0 Å². The van der Waals surface area contributed by atoms with Crippen LogP contribution in [0.25, 0.3) is 0 Å². The normalized spacial score (nSPS) is 29.5. The Bertz CT molecular complexity index is 109. The van der Waals surface area contributed by atoms with Gasteiger partial charge >= 0.3 is 0 Å². The van der Waals surface area contributed by atoms with Gasteiger partial charge < -0.3 is 5.11 Å². The van der Waals surface area contributed by atoms with Crippen LogP contribution in [-0.2, 0) is 0 Å². The highest BCUT2D eigenvalue weighted by atomic mass is 16.3. The van der Waals surface area contributed by atoms with E-state index in [0.29, 0.717) is 6.61 Å². The summed E-state index contributed by atoms with van der Waals surface area (Å²) in [5.41, 5.74) is 0. The number of aliphatic hydroxyl groups excluding tert-OH is 1. The SMILES string of the molecule is CC(C)CCC1CC1CCO. The predicted octanol–water partition coefficient (Wildman–Crippen LogP) is 2.44. The average Bonchev–Trinajstić information content (AvgIpc) is 2.64. The molecule has 1 saturated carbocycles. The lowest BCUT2D eigenvalue weighted by atomic mass is 10.0. The molecule has 1 heteroatoms. The van der Waals surface area contributed by atoms with E-state index in [4.69, 9.17) is 5.11 Å². The Morgan fingerprint density at radius 1 is 1.27 bits per heavy atom. The second-order valence-electron chi connectivity index (χ2n) is 4.24. The molecule has 0 radical (unpaired) electrons.